The standard InChI is InChI=1S/C13H6Cl8N2O/c14-7-8(15)10(17)13(19,11(18)9(7)16)22(12(24)23(20)21)6-4-2-1-3-5-6/h1-5,10H. The molecule has 0 heterocycles. The highest BCUT2D eigenvalue weighted by atomic mass is 35.5. The first-order chi connectivity index (χ1) is 11.1. The number of alkyl halides is 2. The molecule has 2 atom stereocenters. The van der Waals surface area contributed by atoms with Gasteiger partial charge in [0.2, 0.25) is 0 Å². The van der Waals surface area contributed by atoms with Gasteiger partial charge >= 0.3 is 6.03 Å². The van der Waals surface area contributed by atoms with Crippen molar-refractivity contribution in [1.29, 1.82) is 0 Å². The molecule has 0 N–H and O–H groups in total. The van der Waals surface area contributed by atoms with Crippen LogP contribution in [0.1, 0.15) is 0 Å². The molecule has 2 unspecified atom stereocenters. The zero-order chi connectivity index (χ0) is 18.2. The van der Waals surface area contributed by atoms with Crippen LogP contribution in [0, 0.1) is 0 Å². The normalized spacial score (nSPS) is 24.2. The number of rotatable bonds is 2. The van der Waals surface area contributed by atoms with Crippen LogP contribution in [-0.2, 0) is 0 Å². The van der Waals surface area contributed by atoms with E-state index in [-0.39, 0.29) is 24.1 Å². The van der Waals surface area contributed by atoms with Crippen LogP contribution in [0.2, 0.25) is 0 Å². The minimum atomic E-state index is -1.91. The van der Waals surface area contributed by atoms with Crippen molar-refractivity contribution >= 4 is 105 Å². The van der Waals surface area contributed by atoms with Gasteiger partial charge < -0.3 is 0 Å². The van der Waals surface area contributed by atoms with Gasteiger partial charge in [0.15, 0.2) is 5.00 Å². The Labute approximate surface area is 178 Å². The second-order valence-corrected chi connectivity index (χ2v) is 7.92. The summed E-state index contributed by atoms with van der Waals surface area (Å²) in [5, 5.41) is -1.70. The van der Waals surface area contributed by atoms with Crippen LogP contribution in [0.4, 0.5) is 10.5 Å². The first kappa shape index (κ1) is 20.6. The van der Waals surface area contributed by atoms with Crippen molar-refractivity contribution in [2.75, 3.05) is 4.90 Å². The van der Waals surface area contributed by atoms with E-state index in [9.17, 15) is 4.79 Å². The summed E-state index contributed by atoms with van der Waals surface area (Å²) in [6.45, 7) is 0. The molecule has 3 nitrogen and oxygen atoms in total. The lowest BCUT2D eigenvalue weighted by molar-refractivity contribution is 0.240. The predicted molar refractivity (Wildman–Crippen MR) is 104 cm³/mol. The summed E-state index contributed by atoms with van der Waals surface area (Å²) in [4.78, 5) is 11.6. The fraction of sp³-hybridized carbons (Fsp3) is 0.154. The minimum Gasteiger partial charge on any atom is -0.265 e. The largest absolute Gasteiger partial charge is 0.356 e. The van der Waals surface area contributed by atoms with Crippen LogP contribution in [0.25, 0.3) is 0 Å². The molecule has 1 aliphatic rings. The molecule has 0 bridgehead atoms. The van der Waals surface area contributed by atoms with E-state index < -0.39 is 16.4 Å². The molecule has 0 saturated heterocycles. The van der Waals surface area contributed by atoms with Crippen LogP contribution in [0.3, 0.4) is 0 Å². The Morgan fingerprint density at radius 3 is 2.04 bits per heavy atom. The van der Waals surface area contributed by atoms with Gasteiger partial charge in [-0.05, 0) is 12.1 Å². The molecule has 1 aliphatic carbocycles. The van der Waals surface area contributed by atoms with E-state index >= 15 is 0 Å². The molecule has 0 radical (unpaired) electrons. The lowest BCUT2D eigenvalue weighted by Gasteiger charge is -2.43. The maximum Gasteiger partial charge on any atom is 0.356 e. The maximum absolute atomic E-state index is 12.6. The van der Waals surface area contributed by atoms with Crippen molar-refractivity contribution in [1.82, 2.24) is 3.94 Å². The van der Waals surface area contributed by atoms with Crippen molar-refractivity contribution in [3.63, 3.8) is 0 Å². The van der Waals surface area contributed by atoms with E-state index in [1.165, 1.54) is 0 Å². The lowest BCUT2D eigenvalue weighted by Crippen LogP contribution is -2.57. The maximum atomic E-state index is 12.6. The summed E-state index contributed by atoms with van der Waals surface area (Å²) >= 11 is 48.7. The SMILES string of the molecule is O=C(N(Cl)Cl)N(c1ccccc1)C1(Cl)C(Cl)=C(Cl)C(Cl)=C(Cl)C1Cl. The third kappa shape index (κ3) is 3.43. The van der Waals surface area contributed by atoms with Gasteiger partial charge in [0.1, 0.15) is 5.38 Å². The third-order valence-corrected chi connectivity index (χ3v) is 6.80. The van der Waals surface area contributed by atoms with E-state index in [2.05, 4.69) is 0 Å². The van der Waals surface area contributed by atoms with E-state index in [1.54, 1.807) is 30.3 Å². The van der Waals surface area contributed by atoms with Gasteiger partial charge in [-0.2, -0.15) is 0 Å². The van der Waals surface area contributed by atoms with Crippen molar-refractivity contribution in [2.24, 2.45) is 0 Å². The minimum absolute atomic E-state index is 0.0614. The number of hydrogen-bond acceptors (Lipinski definition) is 1. The molecule has 24 heavy (non-hydrogen) atoms. The number of hydrogen-bond donors (Lipinski definition) is 0. The summed E-state index contributed by atoms with van der Waals surface area (Å²) in [6.07, 6.45) is 0. The fourth-order valence-electron chi connectivity index (χ4n) is 2.05. The van der Waals surface area contributed by atoms with Gasteiger partial charge in [-0.25, -0.2) is 4.79 Å². The highest BCUT2D eigenvalue weighted by Crippen LogP contribution is 2.52. The molecule has 130 valence electrons. The lowest BCUT2D eigenvalue weighted by atomic mass is 10.0. The number of halogens is 8. The van der Waals surface area contributed by atoms with Gasteiger partial charge in [-0.1, -0.05) is 76.2 Å². The number of amides is 2. The molecule has 0 aromatic heterocycles. The summed E-state index contributed by atoms with van der Waals surface area (Å²) in [5.74, 6) is 0. The molecule has 0 aliphatic heterocycles. The van der Waals surface area contributed by atoms with E-state index in [1.807, 2.05) is 0 Å². The molecule has 1 aromatic rings. The molecule has 1 aromatic carbocycles. The number of allylic oxidation sites excluding steroid dienone is 2. The van der Waals surface area contributed by atoms with E-state index in [0.717, 1.165) is 4.90 Å². The number of para-hydroxylation sites is 1. The van der Waals surface area contributed by atoms with Crippen LogP contribution < -0.4 is 4.90 Å². The van der Waals surface area contributed by atoms with Crippen molar-refractivity contribution in [3.8, 4) is 0 Å². The van der Waals surface area contributed by atoms with Gasteiger partial charge in [0.25, 0.3) is 0 Å². The Morgan fingerprint density at radius 1 is 1.00 bits per heavy atom. The molecular formula is C13H6Cl8N2O. The number of urea groups is 1. The predicted octanol–water partition coefficient (Wildman–Crippen LogP) is 7.16. The summed E-state index contributed by atoms with van der Waals surface area (Å²) in [5.41, 5.74) is 0.305. The number of benzene rings is 1. The quantitative estimate of drug-likeness (QED) is 0.246. The zero-order valence-corrected chi connectivity index (χ0v) is 17.3. The highest BCUT2D eigenvalue weighted by molar-refractivity contribution is 6.57. The van der Waals surface area contributed by atoms with E-state index in [4.69, 9.17) is 93.2 Å². The van der Waals surface area contributed by atoms with Crippen molar-refractivity contribution < 1.29 is 4.79 Å². The summed E-state index contributed by atoms with van der Waals surface area (Å²) in [6, 6.07) is 7.30. The van der Waals surface area contributed by atoms with Gasteiger partial charge in [0, 0.05) is 29.2 Å². The fourth-order valence-corrected chi connectivity index (χ4v) is 4.19. The number of nitrogens with zero attached hydrogens (tertiary/aromatic N) is 2. The highest BCUT2D eigenvalue weighted by Gasteiger charge is 2.54. The third-order valence-electron chi connectivity index (χ3n) is 3.14. The van der Waals surface area contributed by atoms with Crippen molar-refractivity contribution in [3.05, 3.63) is 50.5 Å². The Balaban J connectivity index is 2.72. The van der Waals surface area contributed by atoms with Crippen LogP contribution >= 0.6 is 93.2 Å². The monoisotopic (exact) mass is 486 g/mol. The molecule has 0 spiro atoms. The molecular weight excluding hydrogens is 484 g/mol. The van der Waals surface area contributed by atoms with Gasteiger partial charge in [-0.3, -0.25) is 4.90 Å². The topological polar surface area (TPSA) is 23.6 Å². The van der Waals surface area contributed by atoms with Gasteiger partial charge in [-0.15, -0.1) is 15.5 Å². The Hall–Kier alpha value is 0.290. The van der Waals surface area contributed by atoms with E-state index in [0.29, 0.717) is 5.69 Å². The smallest absolute Gasteiger partial charge is 0.265 e. The second-order valence-electron chi connectivity index (χ2n) is 4.51. The number of anilines is 1. The molecule has 2 amide bonds. The number of carbonyl (C=O) groups excluding carboxylic acids is 1. The molecule has 0 fully saturated rings. The van der Waals surface area contributed by atoms with Gasteiger partial charge in [0.05, 0.1) is 20.1 Å². The summed E-state index contributed by atoms with van der Waals surface area (Å²) < 4.78 is 0.284. The Kier molecular flexibility index (Phi) is 6.77. The number of carbonyl (C=O) groups is 1. The van der Waals surface area contributed by atoms with Crippen LogP contribution in [0.5, 0.6) is 0 Å². The second kappa shape index (κ2) is 7.89. The first-order valence-corrected chi connectivity index (χ1v) is 9.09. The molecule has 2 rings (SSSR count). The summed E-state index contributed by atoms with van der Waals surface area (Å²) in [7, 11) is 0. The van der Waals surface area contributed by atoms with Crippen molar-refractivity contribution in [2.45, 2.75) is 10.4 Å². The van der Waals surface area contributed by atoms with Crippen LogP contribution in [0.15, 0.2) is 50.5 Å². The Morgan fingerprint density at radius 2 is 1.54 bits per heavy atom. The first-order valence-electron chi connectivity index (χ1n) is 6.09. The zero-order valence-electron chi connectivity index (χ0n) is 11.3. The average Bonchev–Trinajstić information content (AvgIpc) is 2.58. The average molecular weight is 490 g/mol. The molecule has 11 heteroatoms. The van der Waals surface area contributed by atoms with Crippen LogP contribution in [-0.4, -0.2) is 20.3 Å². The Bertz CT molecular complexity index is 720. The molecule has 0 saturated carbocycles.